The molecule has 6 nitrogen and oxygen atoms in total. The van der Waals surface area contributed by atoms with E-state index >= 15 is 0 Å². The number of aromatic nitrogens is 2. The SMILES string of the molecule is Cc1ccc(C(C)C)c(OCC(=O)N(C)Cc2nc(-c3ccccc3)no2)c1. The monoisotopic (exact) mass is 379 g/mol. The van der Waals surface area contributed by atoms with Crippen LogP contribution in [0.25, 0.3) is 11.4 Å². The average Bonchev–Trinajstić information content (AvgIpc) is 3.15. The minimum absolute atomic E-state index is 0.0423. The number of likely N-dealkylation sites (N-methyl/N-ethyl adjacent to an activating group) is 1. The molecule has 146 valence electrons. The first kappa shape index (κ1) is 19.6. The van der Waals surface area contributed by atoms with Crippen LogP contribution in [-0.2, 0) is 11.3 Å². The number of rotatable bonds is 7. The van der Waals surface area contributed by atoms with E-state index in [4.69, 9.17) is 9.26 Å². The molecule has 0 aliphatic heterocycles. The van der Waals surface area contributed by atoms with Crippen LogP contribution in [0.1, 0.15) is 36.8 Å². The molecule has 2 aromatic carbocycles. The van der Waals surface area contributed by atoms with Gasteiger partial charge in [-0.3, -0.25) is 4.79 Å². The Morgan fingerprint density at radius 3 is 2.64 bits per heavy atom. The van der Waals surface area contributed by atoms with Crippen molar-refractivity contribution < 1.29 is 14.1 Å². The third-order valence-corrected chi connectivity index (χ3v) is 4.44. The number of aryl methyl sites for hydroxylation is 1. The van der Waals surface area contributed by atoms with Crippen molar-refractivity contribution in [2.45, 2.75) is 33.2 Å². The molecular formula is C22H25N3O3. The molecule has 3 aromatic rings. The molecule has 0 radical (unpaired) electrons. The molecule has 0 saturated heterocycles. The summed E-state index contributed by atoms with van der Waals surface area (Å²) in [5.41, 5.74) is 3.06. The van der Waals surface area contributed by atoms with Gasteiger partial charge >= 0.3 is 0 Å². The van der Waals surface area contributed by atoms with Gasteiger partial charge in [0.2, 0.25) is 11.7 Å². The predicted octanol–water partition coefficient (Wildman–Crippen LogP) is 4.21. The van der Waals surface area contributed by atoms with Crippen molar-refractivity contribution in [2.75, 3.05) is 13.7 Å². The van der Waals surface area contributed by atoms with Crippen molar-refractivity contribution >= 4 is 5.91 Å². The van der Waals surface area contributed by atoms with Gasteiger partial charge in [-0.05, 0) is 30.0 Å². The van der Waals surface area contributed by atoms with Crippen molar-refractivity contribution in [1.82, 2.24) is 15.0 Å². The van der Waals surface area contributed by atoms with Gasteiger partial charge in [-0.1, -0.05) is 61.5 Å². The maximum absolute atomic E-state index is 12.5. The highest BCUT2D eigenvalue weighted by atomic mass is 16.5. The molecule has 1 heterocycles. The Balaban J connectivity index is 1.60. The second kappa shape index (κ2) is 8.69. The summed E-state index contributed by atoms with van der Waals surface area (Å²) in [6, 6.07) is 15.6. The van der Waals surface area contributed by atoms with E-state index < -0.39 is 0 Å². The molecule has 0 fully saturated rings. The third-order valence-electron chi connectivity index (χ3n) is 4.44. The van der Waals surface area contributed by atoms with Crippen LogP contribution < -0.4 is 4.74 Å². The van der Waals surface area contributed by atoms with Crippen LogP contribution in [-0.4, -0.2) is 34.6 Å². The smallest absolute Gasteiger partial charge is 0.260 e. The molecule has 1 aromatic heterocycles. The molecule has 0 unspecified atom stereocenters. The number of carbonyl (C=O) groups is 1. The van der Waals surface area contributed by atoms with Gasteiger partial charge in [-0.25, -0.2) is 0 Å². The van der Waals surface area contributed by atoms with Crippen LogP contribution in [0.4, 0.5) is 0 Å². The molecule has 0 spiro atoms. The van der Waals surface area contributed by atoms with Crippen molar-refractivity contribution in [3.8, 4) is 17.1 Å². The minimum atomic E-state index is -0.157. The first-order valence-corrected chi connectivity index (χ1v) is 9.29. The Kier molecular flexibility index (Phi) is 6.09. The maximum atomic E-state index is 12.5. The lowest BCUT2D eigenvalue weighted by Gasteiger charge is -2.18. The van der Waals surface area contributed by atoms with Crippen LogP contribution in [0.5, 0.6) is 5.75 Å². The van der Waals surface area contributed by atoms with Crippen molar-refractivity contribution in [3.05, 3.63) is 65.5 Å². The van der Waals surface area contributed by atoms with Gasteiger partial charge in [0.05, 0.1) is 6.54 Å². The molecule has 1 amide bonds. The van der Waals surface area contributed by atoms with Gasteiger partial charge in [0, 0.05) is 12.6 Å². The van der Waals surface area contributed by atoms with Crippen LogP contribution >= 0.6 is 0 Å². The number of carbonyl (C=O) groups excluding carboxylic acids is 1. The molecule has 0 atom stereocenters. The number of hydrogen-bond acceptors (Lipinski definition) is 5. The predicted molar refractivity (Wildman–Crippen MR) is 107 cm³/mol. The summed E-state index contributed by atoms with van der Waals surface area (Å²) >= 11 is 0. The first-order valence-electron chi connectivity index (χ1n) is 9.29. The van der Waals surface area contributed by atoms with E-state index in [1.807, 2.05) is 49.4 Å². The van der Waals surface area contributed by atoms with Gasteiger partial charge in [-0.15, -0.1) is 0 Å². The van der Waals surface area contributed by atoms with E-state index in [2.05, 4.69) is 30.1 Å². The number of amides is 1. The molecule has 0 N–H and O–H groups in total. The van der Waals surface area contributed by atoms with Gasteiger partial charge < -0.3 is 14.2 Å². The summed E-state index contributed by atoms with van der Waals surface area (Å²) in [6.45, 7) is 6.40. The quantitative estimate of drug-likeness (QED) is 0.615. The van der Waals surface area contributed by atoms with E-state index in [1.165, 1.54) is 4.90 Å². The van der Waals surface area contributed by atoms with Crippen molar-refractivity contribution in [3.63, 3.8) is 0 Å². The van der Waals surface area contributed by atoms with E-state index in [9.17, 15) is 4.79 Å². The molecule has 6 heteroatoms. The highest BCUT2D eigenvalue weighted by Crippen LogP contribution is 2.27. The Bertz CT molecular complexity index is 935. The zero-order chi connectivity index (χ0) is 20.1. The summed E-state index contributed by atoms with van der Waals surface area (Å²) in [5, 5.41) is 3.98. The van der Waals surface area contributed by atoms with Crippen LogP contribution in [0, 0.1) is 6.92 Å². The molecule has 0 bridgehead atoms. The van der Waals surface area contributed by atoms with Gasteiger partial charge in [0.25, 0.3) is 5.91 Å². The minimum Gasteiger partial charge on any atom is -0.483 e. The second-order valence-corrected chi connectivity index (χ2v) is 7.11. The Morgan fingerprint density at radius 1 is 1.18 bits per heavy atom. The Labute approximate surface area is 165 Å². The van der Waals surface area contributed by atoms with Crippen LogP contribution in [0.2, 0.25) is 0 Å². The van der Waals surface area contributed by atoms with Crippen molar-refractivity contribution in [1.29, 1.82) is 0 Å². The first-order chi connectivity index (χ1) is 13.4. The summed E-state index contributed by atoms with van der Waals surface area (Å²) in [5.74, 6) is 1.80. The standard InChI is InChI=1S/C22H25N3O3/c1-15(2)18-11-10-16(3)12-19(18)27-14-21(26)25(4)13-20-23-22(24-28-20)17-8-6-5-7-9-17/h5-12,15H,13-14H2,1-4H3. The Hall–Kier alpha value is -3.15. The van der Waals surface area contributed by atoms with Gasteiger partial charge in [0.15, 0.2) is 6.61 Å². The fraction of sp³-hybridized carbons (Fsp3) is 0.318. The highest BCUT2D eigenvalue weighted by molar-refractivity contribution is 5.77. The topological polar surface area (TPSA) is 68.5 Å². The second-order valence-electron chi connectivity index (χ2n) is 7.11. The number of benzene rings is 2. The third kappa shape index (κ3) is 4.76. The fourth-order valence-electron chi connectivity index (χ4n) is 2.81. The van der Waals surface area contributed by atoms with E-state index in [0.717, 1.165) is 22.4 Å². The summed E-state index contributed by atoms with van der Waals surface area (Å²) in [6.07, 6.45) is 0. The number of ether oxygens (including phenoxy) is 1. The lowest BCUT2D eigenvalue weighted by molar-refractivity contribution is -0.132. The summed E-state index contributed by atoms with van der Waals surface area (Å²) < 4.78 is 11.1. The average molecular weight is 379 g/mol. The van der Waals surface area contributed by atoms with Crippen LogP contribution in [0.15, 0.2) is 53.1 Å². The van der Waals surface area contributed by atoms with E-state index in [0.29, 0.717) is 17.6 Å². The molecule has 28 heavy (non-hydrogen) atoms. The molecule has 0 aliphatic carbocycles. The Morgan fingerprint density at radius 2 is 1.93 bits per heavy atom. The number of nitrogens with zero attached hydrogens (tertiary/aromatic N) is 3. The molecule has 3 rings (SSSR count). The molecular weight excluding hydrogens is 354 g/mol. The zero-order valence-corrected chi connectivity index (χ0v) is 16.7. The van der Waals surface area contributed by atoms with Crippen LogP contribution in [0.3, 0.4) is 0 Å². The lowest BCUT2D eigenvalue weighted by atomic mass is 10.0. The summed E-state index contributed by atoms with van der Waals surface area (Å²) in [4.78, 5) is 18.4. The normalized spacial score (nSPS) is 10.9. The van der Waals surface area contributed by atoms with Gasteiger partial charge in [-0.2, -0.15) is 4.98 Å². The van der Waals surface area contributed by atoms with Crippen molar-refractivity contribution in [2.24, 2.45) is 0 Å². The van der Waals surface area contributed by atoms with E-state index in [1.54, 1.807) is 7.05 Å². The molecule has 0 aliphatic rings. The highest BCUT2D eigenvalue weighted by Gasteiger charge is 2.16. The maximum Gasteiger partial charge on any atom is 0.260 e. The number of hydrogen-bond donors (Lipinski definition) is 0. The lowest BCUT2D eigenvalue weighted by Crippen LogP contribution is -2.31. The summed E-state index contributed by atoms with van der Waals surface area (Å²) in [7, 11) is 1.69. The van der Waals surface area contributed by atoms with Gasteiger partial charge in [0.1, 0.15) is 5.75 Å². The fourth-order valence-corrected chi connectivity index (χ4v) is 2.81. The largest absolute Gasteiger partial charge is 0.483 e. The zero-order valence-electron chi connectivity index (χ0n) is 16.7. The molecule has 0 saturated carbocycles. The van der Waals surface area contributed by atoms with E-state index in [-0.39, 0.29) is 19.1 Å².